The minimum Gasteiger partial charge on any atom is -0.257 e. The molecule has 0 radical (unpaired) electrons. The number of hydrogen-bond acceptors (Lipinski definition) is 5. The molecule has 6 heteroatoms. The van der Waals surface area contributed by atoms with Gasteiger partial charge in [0.05, 0.1) is 0 Å². The van der Waals surface area contributed by atoms with Crippen molar-refractivity contribution < 1.29 is 0 Å². The number of rotatable bonds is 18. The van der Waals surface area contributed by atoms with E-state index in [9.17, 15) is 0 Å². The van der Waals surface area contributed by atoms with Crippen molar-refractivity contribution in [3.63, 3.8) is 0 Å². The van der Waals surface area contributed by atoms with Crippen molar-refractivity contribution in [2.24, 2.45) is 0 Å². The molecule has 0 amide bonds. The van der Waals surface area contributed by atoms with Gasteiger partial charge < -0.3 is 0 Å². The summed E-state index contributed by atoms with van der Waals surface area (Å²) in [6.07, 6.45) is 21.4. The summed E-state index contributed by atoms with van der Waals surface area (Å²) in [7, 11) is 3.66. The van der Waals surface area contributed by atoms with Gasteiger partial charge in [-0.15, -0.1) is 0 Å². The molecule has 0 bridgehead atoms. The SMILES string of the molecule is CCCCCCCCCCCCCCCCCSSc1n[nH]c(=S)s1. The number of aromatic amines is 1. The van der Waals surface area contributed by atoms with Gasteiger partial charge >= 0.3 is 0 Å². The molecule has 0 aliphatic heterocycles. The second kappa shape index (κ2) is 17.9. The minimum absolute atomic E-state index is 0.773. The smallest absolute Gasteiger partial charge is 0.183 e. The summed E-state index contributed by atoms with van der Waals surface area (Å²) in [6, 6.07) is 0. The Bertz CT molecular complexity index is 445. The lowest BCUT2D eigenvalue weighted by Crippen LogP contribution is -1.84. The molecule has 0 fully saturated rings. The molecule has 2 nitrogen and oxygen atoms in total. The average molecular weight is 421 g/mol. The van der Waals surface area contributed by atoms with E-state index in [1.165, 1.54) is 102 Å². The molecule has 0 saturated heterocycles. The molecule has 0 aromatic carbocycles. The topological polar surface area (TPSA) is 28.7 Å². The fraction of sp³-hybridized carbons (Fsp3) is 0.895. The quantitative estimate of drug-likeness (QED) is 0.146. The largest absolute Gasteiger partial charge is 0.257 e. The number of H-pyrrole nitrogens is 1. The van der Waals surface area contributed by atoms with Crippen molar-refractivity contribution in [3.8, 4) is 0 Å². The number of aromatic nitrogens is 2. The predicted octanol–water partition coefficient (Wildman–Crippen LogP) is 8.81. The third-order valence-corrected chi connectivity index (χ3v) is 8.21. The molecule has 0 atom stereocenters. The summed E-state index contributed by atoms with van der Waals surface area (Å²) < 4.78 is 1.83. The predicted molar refractivity (Wildman–Crippen MR) is 121 cm³/mol. The summed E-state index contributed by atoms with van der Waals surface area (Å²) in [6.45, 7) is 2.29. The number of unbranched alkanes of at least 4 members (excludes halogenated alkanes) is 14. The monoisotopic (exact) mass is 420 g/mol. The summed E-state index contributed by atoms with van der Waals surface area (Å²) >= 11 is 6.60. The third kappa shape index (κ3) is 15.3. The Morgan fingerprint density at radius 1 is 0.800 bits per heavy atom. The van der Waals surface area contributed by atoms with Crippen molar-refractivity contribution >= 4 is 45.1 Å². The van der Waals surface area contributed by atoms with Gasteiger partial charge in [0.2, 0.25) is 0 Å². The first-order chi connectivity index (χ1) is 12.3. The maximum atomic E-state index is 5.03. The standard InChI is InChI=1S/C19H36N2S4/c1-2-3-4-5-6-7-8-9-10-11-12-13-14-15-16-17-23-25-19-21-20-18(22)24-19/h2-17H2,1H3,(H,20,22). The van der Waals surface area contributed by atoms with Crippen LogP contribution in [0, 0.1) is 3.95 Å². The van der Waals surface area contributed by atoms with Crippen molar-refractivity contribution in [2.75, 3.05) is 5.75 Å². The second-order valence-electron chi connectivity index (χ2n) is 6.73. The molecule has 0 aliphatic carbocycles. The molecule has 1 rings (SSSR count). The summed E-state index contributed by atoms with van der Waals surface area (Å²) in [5.41, 5.74) is 0. The van der Waals surface area contributed by atoms with Gasteiger partial charge in [0.15, 0.2) is 8.29 Å². The van der Waals surface area contributed by atoms with E-state index >= 15 is 0 Å². The van der Waals surface area contributed by atoms with E-state index in [2.05, 4.69) is 17.1 Å². The zero-order valence-corrected chi connectivity index (χ0v) is 19.2. The van der Waals surface area contributed by atoms with Crippen LogP contribution in [0.1, 0.15) is 103 Å². The lowest BCUT2D eigenvalue weighted by Gasteiger charge is -2.03. The molecule has 1 heterocycles. The van der Waals surface area contributed by atoms with E-state index in [1.807, 2.05) is 10.8 Å². The Hall–Kier alpha value is 0.480. The number of hydrogen-bond donors (Lipinski definition) is 1. The van der Waals surface area contributed by atoms with Crippen LogP contribution in [0.15, 0.2) is 4.34 Å². The van der Waals surface area contributed by atoms with Gasteiger partial charge in [-0.1, -0.05) is 119 Å². The zero-order chi connectivity index (χ0) is 18.0. The Labute approximate surface area is 172 Å². The Balaban J connectivity index is 1.70. The van der Waals surface area contributed by atoms with Crippen molar-refractivity contribution in [2.45, 2.75) is 108 Å². The summed E-state index contributed by atoms with van der Waals surface area (Å²) in [4.78, 5) is 0. The van der Waals surface area contributed by atoms with E-state index in [4.69, 9.17) is 12.2 Å². The first-order valence-electron chi connectivity index (χ1n) is 10.2. The van der Waals surface area contributed by atoms with Crippen LogP contribution in [0.2, 0.25) is 0 Å². The second-order valence-corrected chi connectivity index (χ2v) is 11.1. The van der Waals surface area contributed by atoms with Gasteiger partial charge in [0.25, 0.3) is 0 Å². The van der Waals surface area contributed by atoms with Gasteiger partial charge in [-0.2, -0.15) is 5.10 Å². The minimum atomic E-state index is 0.773. The van der Waals surface area contributed by atoms with Gasteiger partial charge in [-0.3, -0.25) is 5.10 Å². The lowest BCUT2D eigenvalue weighted by atomic mass is 10.0. The Morgan fingerprint density at radius 2 is 1.28 bits per heavy atom. The van der Waals surface area contributed by atoms with E-state index in [0.717, 1.165) is 8.29 Å². The van der Waals surface area contributed by atoms with Gasteiger partial charge in [-0.25, -0.2) is 0 Å². The first kappa shape index (κ1) is 23.5. The van der Waals surface area contributed by atoms with Crippen molar-refractivity contribution in [1.82, 2.24) is 10.2 Å². The average Bonchev–Trinajstić information content (AvgIpc) is 3.03. The van der Waals surface area contributed by atoms with E-state index in [-0.39, 0.29) is 0 Å². The molecule has 0 spiro atoms. The van der Waals surface area contributed by atoms with E-state index in [1.54, 1.807) is 22.1 Å². The molecule has 0 aliphatic rings. The molecule has 1 N–H and O–H groups in total. The third-order valence-electron chi connectivity index (χ3n) is 4.38. The van der Waals surface area contributed by atoms with Crippen LogP contribution in [0.25, 0.3) is 0 Å². The van der Waals surface area contributed by atoms with Crippen LogP contribution in [0.4, 0.5) is 0 Å². The molecule has 146 valence electrons. The van der Waals surface area contributed by atoms with Crippen LogP contribution in [0.5, 0.6) is 0 Å². The Kier molecular flexibility index (Phi) is 16.8. The van der Waals surface area contributed by atoms with Crippen LogP contribution >= 0.6 is 45.1 Å². The van der Waals surface area contributed by atoms with E-state index in [0.29, 0.717) is 0 Å². The molecule has 1 aromatic rings. The highest BCUT2D eigenvalue weighted by Crippen LogP contribution is 2.32. The molecule has 25 heavy (non-hydrogen) atoms. The lowest BCUT2D eigenvalue weighted by molar-refractivity contribution is 0.535. The van der Waals surface area contributed by atoms with Crippen LogP contribution in [-0.2, 0) is 0 Å². The first-order valence-corrected chi connectivity index (χ1v) is 13.7. The molecular weight excluding hydrogens is 384 g/mol. The fourth-order valence-corrected chi connectivity index (χ4v) is 6.39. The normalized spacial score (nSPS) is 11.2. The van der Waals surface area contributed by atoms with Crippen molar-refractivity contribution in [1.29, 1.82) is 0 Å². The van der Waals surface area contributed by atoms with Gasteiger partial charge in [-0.05, 0) is 29.4 Å². The summed E-state index contributed by atoms with van der Waals surface area (Å²) in [5.74, 6) is 1.22. The van der Waals surface area contributed by atoms with Gasteiger partial charge in [0.1, 0.15) is 0 Å². The maximum absolute atomic E-state index is 5.03. The number of nitrogens with zero attached hydrogens (tertiary/aromatic N) is 1. The van der Waals surface area contributed by atoms with E-state index < -0.39 is 0 Å². The molecule has 0 unspecified atom stereocenters. The van der Waals surface area contributed by atoms with Crippen LogP contribution in [-0.4, -0.2) is 16.0 Å². The highest BCUT2D eigenvalue weighted by molar-refractivity contribution is 8.77. The fourth-order valence-electron chi connectivity index (χ4n) is 2.88. The molecular formula is C19H36N2S4. The van der Waals surface area contributed by atoms with Gasteiger partial charge in [0, 0.05) is 5.75 Å². The van der Waals surface area contributed by atoms with Crippen LogP contribution < -0.4 is 0 Å². The summed E-state index contributed by atoms with van der Waals surface area (Å²) in [5, 5.41) is 6.98. The number of nitrogens with one attached hydrogen (secondary N) is 1. The highest BCUT2D eigenvalue weighted by atomic mass is 33.1. The Morgan fingerprint density at radius 3 is 1.72 bits per heavy atom. The molecule has 1 aromatic heterocycles. The molecule has 0 saturated carbocycles. The zero-order valence-electron chi connectivity index (χ0n) is 15.9. The maximum Gasteiger partial charge on any atom is 0.183 e. The highest BCUT2D eigenvalue weighted by Gasteiger charge is 1.99. The van der Waals surface area contributed by atoms with Crippen molar-refractivity contribution in [3.05, 3.63) is 3.95 Å². The van der Waals surface area contributed by atoms with Crippen LogP contribution in [0.3, 0.4) is 0 Å².